The average Bonchev–Trinajstić information content (AvgIpc) is 3.28. The Bertz CT molecular complexity index is 1030. The van der Waals surface area contributed by atoms with Gasteiger partial charge in [0.15, 0.2) is 5.13 Å². The minimum Gasteiger partial charge on any atom is -0.480 e. The number of anilines is 2. The van der Waals surface area contributed by atoms with E-state index in [9.17, 15) is 0 Å². The number of para-hydroxylation sites is 2. The lowest BCUT2D eigenvalue weighted by Gasteiger charge is -2.06. The lowest BCUT2D eigenvalue weighted by molar-refractivity contribution is 0.401. The van der Waals surface area contributed by atoms with Crippen LogP contribution in [-0.2, 0) is 0 Å². The van der Waals surface area contributed by atoms with Crippen molar-refractivity contribution in [2.24, 2.45) is 0 Å². The van der Waals surface area contributed by atoms with Crippen molar-refractivity contribution in [3.05, 3.63) is 65.2 Å². The number of fused-ring (bicyclic) bond motifs is 1. The fourth-order valence-electron chi connectivity index (χ4n) is 2.56. The van der Waals surface area contributed by atoms with E-state index >= 15 is 0 Å². The van der Waals surface area contributed by atoms with Gasteiger partial charge < -0.3 is 10.1 Å². The molecule has 0 saturated heterocycles. The second-order valence-corrected chi connectivity index (χ2v) is 6.25. The Morgan fingerprint density at radius 3 is 2.80 bits per heavy atom. The molecular formula is C19H16N4OS. The zero-order valence-electron chi connectivity index (χ0n) is 13.6. The lowest BCUT2D eigenvalue weighted by Crippen LogP contribution is -1.92. The molecule has 25 heavy (non-hydrogen) atoms. The first-order valence-electron chi connectivity index (χ1n) is 7.80. The molecule has 0 fully saturated rings. The fraction of sp³-hybridized carbons (Fsp3) is 0.0526. The molecule has 2 aromatic heterocycles. The Morgan fingerprint density at radius 2 is 1.92 bits per heavy atom. The van der Waals surface area contributed by atoms with Crippen molar-refractivity contribution in [3.8, 4) is 5.88 Å². The van der Waals surface area contributed by atoms with Crippen LogP contribution in [0.25, 0.3) is 23.1 Å². The number of thiazole rings is 1. The van der Waals surface area contributed by atoms with Crippen molar-refractivity contribution >= 4 is 45.2 Å². The first kappa shape index (κ1) is 15.4. The van der Waals surface area contributed by atoms with Gasteiger partial charge in [-0.3, -0.25) is 5.10 Å². The van der Waals surface area contributed by atoms with Crippen molar-refractivity contribution in [3.63, 3.8) is 0 Å². The zero-order chi connectivity index (χ0) is 17.1. The third-order valence-corrected chi connectivity index (χ3v) is 4.55. The molecule has 4 rings (SSSR count). The number of methoxy groups -OCH3 is 1. The molecule has 0 spiro atoms. The van der Waals surface area contributed by atoms with E-state index in [0.29, 0.717) is 5.88 Å². The molecule has 0 saturated carbocycles. The van der Waals surface area contributed by atoms with Crippen LogP contribution in [-0.4, -0.2) is 22.3 Å². The van der Waals surface area contributed by atoms with Gasteiger partial charge in [0.1, 0.15) is 0 Å². The molecule has 0 aliphatic carbocycles. The number of benzene rings is 2. The second kappa shape index (κ2) is 6.78. The Hall–Kier alpha value is -3.12. The minimum atomic E-state index is 0.614. The SMILES string of the molecule is COc1csc(Nc2ccccc2C=Cc2n[nH]c3ccccc23)n1. The van der Waals surface area contributed by atoms with E-state index in [1.165, 1.54) is 11.3 Å². The standard InChI is InChI=1S/C19H16N4OS/c1-24-18-12-25-19(21-18)20-15-8-4-2-6-13(15)10-11-17-14-7-3-5-9-16(14)22-23-17/h2-12H,1H3,(H,20,21)(H,22,23). The average molecular weight is 348 g/mol. The van der Waals surface area contributed by atoms with E-state index < -0.39 is 0 Å². The maximum atomic E-state index is 5.13. The molecule has 0 atom stereocenters. The van der Waals surface area contributed by atoms with Crippen LogP contribution in [0.4, 0.5) is 10.8 Å². The van der Waals surface area contributed by atoms with Gasteiger partial charge in [-0.2, -0.15) is 10.1 Å². The van der Waals surface area contributed by atoms with Gasteiger partial charge >= 0.3 is 0 Å². The highest BCUT2D eigenvalue weighted by molar-refractivity contribution is 7.14. The van der Waals surface area contributed by atoms with Crippen molar-refractivity contribution in [1.82, 2.24) is 15.2 Å². The van der Waals surface area contributed by atoms with Gasteiger partial charge in [-0.15, -0.1) is 11.3 Å². The van der Waals surface area contributed by atoms with Gasteiger partial charge in [0.2, 0.25) is 5.88 Å². The quantitative estimate of drug-likeness (QED) is 0.536. The normalized spacial score (nSPS) is 11.2. The second-order valence-electron chi connectivity index (χ2n) is 5.40. The summed E-state index contributed by atoms with van der Waals surface area (Å²) in [6.07, 6.45) is 4.07. The van der Waals surface area contributed by atoms with Crippen LogP contribution in [0.3, 0.4) is 0 Å². The number of aromatic amines is 1. The predicted octanol–water partition coefficient (Wildman–Crippen LogP) is 4.94. The van der Waals surface area contributed by atoms with Crippen LogP contribution in [0.1, 0.15) is 11.3 Å². The first-order chi connectivity index (χ1) is 12.3. The maximum Gasteiger partial charge on any atom is 0.226 e. The summed E-state index contributed by atoms with van der Waals surface area (Å²) in [5.41, 5.74) is 3.99. The number of aromatic nitrogens is 3. The topological polar surface area (TPSA) is 62.8 Å². The van der Waals surface area contributed by atoms with Gasteiger partial charge in [-0.25, -0.2) is 0 Å². The van der Waals surface area contributed by atoms with E-state index in [1.807, 2.05) is 47.9 Å². The monoisotopic (exact) mass is 348 g/mol. The highest BCUT2D eigenvalue weighted by Crippen LogP contribution is 2.27. The summed E-state index contributed by atoms with van der Waals surface area (Å²) in [6.45, 7) is 0. The van der Waals surface area contributed by atoms with E-state index in [4.69, 9.17) is 4.74 Å². The smallest absolute Gasteiger partial charge is 0.226 e. The molecule has 0 aliphatic rings. The maximum absolute atomic E-state index is 5.13. The molecule has 0 radical (unpaired) electrons. The van der Waals surface area contributed by atoms with E-state index in [1.54, 1.807) is 7.11 Å². The third kappa shape index (κ3) is 3.25. The van der Waals surface area contributed by atoms with E-state index in [0.717, 1.165) is 33.0 Å². The van der Waals surface area contributed by atoms with Gasteiger partial charge in [0.25, 0.3) is 0 Å². The molecule has 6 heteroatoms. The van der Waals surface area contributed by atoms with E-state index in [-0.39, 0.29) is 0 Å². The molecular weight excluding hydrogens is 332 g/mol. The van der Waals surface area contributed by atoms with Crippen LogP contribution in [0.2, 0.25) is 0 Å². The molecule has 0 unspecified atom stereocenters. The van der Waals surface area contributed by atoms with Gasteiger partial charge in [0, 0.05) is 11.1 Å². The summed E-state index contributed by atoms with van der Waals surface area (Å²) >= 11 is 1.51. The number of H-pyrrole nitrogens is 1. The summed E-state index contributed by atoms with van der Waals surface area (Å²) < 4.78 is 5.13. The summed E-state index contributed by atoms with van der Waals surface area (Å²) in [5, 5.41) is 14.5. The van der Waals surface area contributed by atoms with Crippen molar-refractivity contribution < 1.29 is 4.74 Å². The Balaban J connectivity index is 1.62. The Kier molecular flexibility index (Phi) is 4.18. The molecule has 5 nitrogen and oxygen atoms in total. The van der Waals surface area contributed by atoms with Crippen LogP contribution < -0.4 is 10.1 Å². The number of nitrogens with one attached hydrogen (secondary N) is 2. The van der Waals surface area contributed by atoms with Crippen molar-refractivity contribution in [1.29, 1.82) is 0 Å². The molecule has 0 bridgehead atoms. The predicted molar refractivity (Wildman–Crippen MR) is 103 cm³/mol. The van der Waals surface area contributed by atoms with Gasteiger partial charge in [0.05, 0.1) is 23.7 Å². The summed E-state index contributed by atoms with van der Waals surface area (Å²) in [4.78, 5) is 4.36. The van der Waals surface area contributed by atoms with Crippen LogP contribution in [0.15, 0.2) is 53.9 Å². The highest BCUT2D eigenvalue weighted by atomic mass is 32.1. The third-order valence-electron chi connectivity index (χ3n) is 3.82. The number of hydrogen-bond acceptors (Lipinski definition) is 5. The minimum absolute atomic E-state index is 0.614. The Morgan fingerprint density at radius 1 is 1.08 bits per heavy atom. The largest absolute Gasteiger partial charge is 0.480 e. The number of ether oxygens (including phenoxy) is 1. The number of rotatable bonds is 5. The van der Waals surface area contributed by atoms with Gasteiger partial charge in [-0.05, 0) is 23.8 Å². The van der Waals surface area contributed by atoms with Crippen LogP contribution >= 0.6 is 11.3 Å². The van der Waals surface area contributed by atoms with Crippen LogP contribution in [0, 0.1) is 0 Å². The molecule has 2 aromatic carbocycles. The molecule has 0 amide bonds. The molecule has 2 heterocycles. The lowest BCUT2D eigenvalue weighted by atomic mass is 10.1. The summed E-state index contributed by atoms with van der Waals surface area (Å²) in [7, 11) is 1.61. The fourth-order valence-corrected chi connectivity index (χ4v) is 3.23. The van der Waals surface area contributed by atoms with Gasteiger partial charge in [-0.1, -0.05) is 42.5 Å². The first-order valence-corrected chi connectivity index (χ1v) is 8.68. The number of nitrogens with zero attached hydrogens (tertiary/aromatic N) is 2. The summed E-state index contributed by atoms with van der Waals surface area (Å²) in [5.74, 6) is 0.614. The Labute approximate surface area is 149 Å². The van der Waals surface area contributed by atoms with Crippen LogP contribution in [0.5, 0.6) is 5.88 Å². The summed E-state index contributed by atoms with van der Waals surface area (Å²) in [6, 6.07) is 16.2. The molecule has 124 valence electrons. The number of hydrogen-bond donors (Lipinski definition) is 2. The zero-order valence-corrected chi connectivity index (χ0v) is 14.4. The van der Waals surface area contributed by atoms with Crippen molar-refractivity contribution in [2.75, 3.05) is 12.4 Å². The van der Waals surface area contributed by atoms with E-state index in [2.05, 4.69) is 38.7 Å². The van der Waals surface area contributed by atoms with Crippen molar-refractivity contribution in [2.45, 2.75) is 0 Å². The highest BCUT2D eigenvalue weighted by Gasteiger charge is 2.05. The molecule has 4 aromatic rings. The molecule has 0 aliphatic heterocycles. The molecule has 2 N–H and O–H groups in total.